The largest absolute Gasteiger partial charge is 0.477 e. The van der Waals surface area contributed by atoms with Crippen LogP contribution in [0.4, 0.5) is 5.82 Å². The molecule has 0 saturated heterocycles. The van der Waals surface area contributed by atoms with Crippen molar-refractivity contribution in [2.45, 2.75) is 31.3 Å². The highest BCUT2D eigenvalue weighted by molar-refractivity contribution is 5.85. The zero-order valence-corrected chi connectivity index (χ0v) is 10.5. The topological polar surface area (TPSA) is 73.7 Å². The Morgan fingerprint density at radius 2 is 2.11 bits per heavy atom. The Kier molecular flexibility index (Phi) is 3.52. The van der Waals surface area contributed by atoms with Crippen LogP contribution in [0.2, 0.25) is 0 Å². The summed E-state index contributed by atoms with van der Waals surface area (Å²) in [4.78, 5) is 16.7. The van der Waals surface area contributed by atoms with E-state index in [1.54, 1.807) is 12.1 Å². The van der Waals surface area contributed by atoms with Crippen LogP contribution >= 0.6 is 0 Å². The number of anilines is 1. The van der Waals surface area contributed by atoms with E-state index in [9.17, 15) is 9.90 Å². The van der Waals surface area contributed by atoms with Gasteiger partial charge in [-0.2, -0.15) is 0 Å². The first-order valence-electron chi connectivity index (χ1n) is 6.14. The molecule has 0 atom stereocenters. The minimum atomic E-state index is -1.04. The van der Waals surface area contributed by atoms with Gasteiger partial charge in [-0.3, -0.25) is 0 Å². The molecule has 98 valence electrons. The van der Waals surface area contributed by atoms with Gasteiger partial charge in [0.1, 0.15) is 5.82 Å². The van der Waals surface area contributed by atoms with Crippen LogP contribution in [0.25, 0.3) is 0 Å². The van der Waals surface area contributed by atoms with Crippen molar-refractivity contribution in [2.75, 3.05) is 18.5 Å². The maximum atomic E-state index is 10.9. The van der Waals surface area contributed by atoms with Crippen molar-refractivity contribution in [3.8, 4) is 0 Å². The molecule has 2 rings (SSSR count). The molecular weight excluding hydrogens is 232 g/mol. The highest BCUT2D eigenvalue weighted by Gasteiger charge is 2.32. The molecule has 0 bridgehead atoms. The summed E-state index contributed by atoms with van der Waals surface area (Å²) >= 11 is 0. The molecule has 0 spiro atoms. The Labute approximate surface area is 106 Å². The summed E-state index contributed by atoms with van der Waals surface area (Å²) in [5.41, 5.74) is -0.631. The predicted octanol–water partition coefficient (Wildman–Crippen LogP) is 1.52. The zero-order chi connectivity index (χ0) is 13.2. The Morgan fingerprint density at radius 1 is 1.44 bits per heavy atom. The monoisotopic (exact) mass is 250 g/mol. The molecule has 0 unspecified atom stereocenters. The van der Waals surface area contributed by atoms with E-state index in [0.29, 0.717) is 12.4 Å². The lowest BCUT2D eigenvalue weighted by atomic mass is 10.0. The maximum absolute atomic E-state index is 10.9. The van der Waals surface area contributed by atoms with Crippen LogP contribution in [-0.4, -0.2) is 40.4 Å². The number of likely N-dealkylation sites (N-methyl/N-ethyl adjacent to an activating group) is 1. The van der Waals surface area contributed by atoms with E-state index in [1.165, 1.54) is 6.07 Å². The van der Waals surface area contributed by atoms with E-state index in [-0.39, 0.29) is 5.69 Å². The van der Waals surface area contributed by atoms with Gasteiger partial charge < -0.3 is 15.1 Å². The van der Waals surface area contributed by atoms with Gasteiger partial charge in [0.05, 0.1) is 5.60 Å². The average molecular weight is 250 g/mol. The quantitative estimate of drug-likeness (QED) is 0.847. The molecule has 0 aliphatic heterocycles. The van der Waals surface area contributed by atoms with E-state index >= 15 is 0 Å². The van der Waals surface area contributed by atoms with Crippen molar-refractivity contribution in [3.05, 3.63) is 23.9 Å². The number of hydrogen-bond donors (Lipinski definition) is 2. The van der Waals surface area contributed by atoms with Gasteiger partial charge in [-0.05, 0) is 25.0 Å². The molecule has 18 heavy (non-hydrogen) atoms. The fourth-order valence-corrected chi connectivity index (χ4v) is 2.47. The SMILES string of the molecule is CN(CC1(O)CCCC1)c1cccc(C(=O)O)n1. The second-order valence-corrected chi connectivity index (χ2v) is 4.97. The molecule has 1 heterocycles. The van der Waals surface area contributed by atoms with E-state index in [0.717, 1.165) is 25.7 Å². The van der Waals surface area contributed by atoms with Crippen LogP contribution in [0.3, 0.4) is 0 Å². The molecule has 1 aromatic heterocycles. The third-order valence-corrected chi connectivity index (χ3v) is 3.41. The van der Waals surface area contributed by atoms with Gasteiger partial charge in [0.25, 0.3) is 0 Å². The highest BCUT2D eigenvalue weighted by atomic mass is 16.4. The van der Waals surface area contributed by atoms with Crippen molar-refractivity contribution in [1.29, 1.82) is 0 Å². The number of nitrogens with zero attached hydrogens (tertiary/aromatic N) is 2. The number of aromatic carboxylic acids is 1. The van der Waals surface area contributed by atoms with Gasteiger partial charge in [0, 0.05) is 13.6 Å². The van der Waals surface area contributed by atoms with Crippen LogP contribution in [0.5, 0.6) is 0 Å². The average Bonchev–Trinajstić information content (AvgIpc) is 2.76. The van der Waals surface area contributed by atoms with E-state index in [4.69, 9.17) is 5.11 Å². The summed E-state index contributed by atoms with van der Waals surface area (Å²) in [6.45, 7) is 0.489. The van der Waals surface area contributed by atoms with Crippen LogP contribution in [-0.2, 0) is 0 Å². The molecule has 1 aromatic rings. The Hall–Kier alpha value is -1.62. The number of carboxylic acids is 1. The Bertz CT molecular complexity index is 442. The fraction of sp³-hybridized carbons (Fsp3) is 0.538. The van der Waals surface area contributed by atoms with Crippen molar-refractivity contribution in [2.24, 2.45) is 0 Å². The second kappa shape index (κ2) is 4.94. The Morgan fingerprint density at radius 3 is 2.72 bits per heavy atom. The molecule has 0 amide bonds. The number of pyridine rings is 1. The summed E-state index contributed by atoms with van der Waals surface area (Å²) in [5.74, 6) is -0.458. The lowest BCUT2D eigenvalue weighted by molar-refractivity contribution is 0.0558. The van der Waals surface area contributed by atoms with E-state index in [2.05, 4.69) is 4.98 Å². The molecule has 0 aromatic carbocycles. The molecular formula is C13H18N2O3. The third-order valence-electron chi connectivity index (χ3n) is 3.41. The van der Waals surface area contributed by atoms with Crippen LogP contribution in [0.1, 0.15) is 36.2 Å². The van der Waals surface area contributed by atoms with Crippen molar-refractivity contribution in [1.82, 2.24) is 4.98 Å². The highest BCUT2D eigenvalue weighted by Crippen LogP contribution is 2.30. The molecule has 1 aliphatic carbocycles. The molecule has 1 saturated carbocycles. The number of rotatable bonds is 4. The molecule has 1 aliphatic rings. The van der Waals surface area contributed by atoms with Crippen LogP contribution in [0, 0.1) is 0 Å². The number of carboxylic acid groups (broad SMARTS) is 1. The molecule has 5 heteroatoms. The van der Waals surface area contributed by atoms with Crippen molar-refractivity contribution >= 4 is 11.8 Å². The summed E-state index contributed by atoms with van der Waals surface area (Å²) in [7, 11) is 1.82. The first kappa shape index (κ1) is 12.8. The van der Waals surface area contributed by atoms with Gasteiger partial charge in [-0.25, -0.2) is 9.78 Å². The van der Waals surface area contributed by atoms with Gasteiger partial charge >= 0.3 is 5.97 Å². The van der Waals surface area contributed by atoms with Crippen molar-refractivity contribution < 1.29 is 15.0 Å². The zero-order valence-electron chi connectivity index (χ0n) is 10.5. The molecule has 0 radical (unpaired) electrons. The summed E-state index contributed by atoms with van der Waals surface area (Å²) in [6, 6.07) is 4.88. The number of hydrogen-bond acceptors (Lipinski definition) is 4. The first-order valence-corrected chi connectivity index (χ1v) is 6.14. The van der Waals surface area contributed by atoms with Gasteiger partial charge in [-0.1, -0.05) is 18.9 Å². The normalized spacial score (nSPS) is 17.7. The number of carbonyl (C=O) groups is 1. The minimum Gasteiger partial charge on any atom is -0.477 e. The number of aliphatic hydroxyl groups is 1. The summed E-state index contributed by atoms with van der Waals surface area (Å²) in [6.07, 6.45) is 3.70. The van der Waals surface area contributed by atoms with Gasteiger partial charge in [0.15, 0.2) is 5.69 Å². The predicted molar refractivity (Wildman–Crippen MR) is 67.9 cm³/mol. The minimum absolute atomic E-state index is 0.0257. The summed E-state index contributed by atoms with van der Waals surface area (Å²) < 4.78 is 0. The third kappa shape index (κ3) is 2.79. The van der Waals surface area contributed by atoms with Gasteiger partial charge in [-0.15, -0.1) is 0 Å². The molecule has 1 fully saturated rings. The Balaban J connectivity index is 2.10. The van der Waals surface area contributed by atoms with Crippen molar-refractivity contribution in [3.63, 3.8) is 0 Å². The smallest absolute Gasteiger partial charge is 0.354 e. The maximum Gasteiger partial charge on any atom is 0.354 e. The fourth-order valence-electron chi connectivity index (χ4n) is 2.47. The van der Waals surface area contributed by atoms with E-state index in [1.807, 2.05) is 11.9 Å². The summed E-state index contributed by atoms with van der Waals surface area (Å²) in [5, 5.41) is 19.2. The lowest BCUT2D eigenvalue weighted by Gasteiger charge is -2.29. The number of aromatic nitrogens is 1. The van der Waals surface area contributed by atoms with Gasteiger partial charge in [0.2, 0.25) is 0 Å². The van der Waals surface area contributed by atoms with Crippen LogP contribution in [0.15, 0.2) is 18.2 Å². The first-order chi connectivity index (χ1) is 8.50. The molecule has 5 nitrogen and oxygen atoms in total. The molecule has 2 N–H and O–H groups in total. The van der Waals surface area contributed by atoms with E-state index < -0.39 is 11.6 Å². The standard InChI is InChI=1S/C13H18N2O3/c1-15(9-13(18)7-2-3-8-13)11-6-4-5-10(14-11)12(16)17/h4-6,18H,2-3,7-9H2,1H3,(H,16,17). The lowest BCUT2D eigenvalue weighted by Crippen LogP contribution is -2.39. The second-order valence-electron chi connectivity index (χ2n) is 4.97. The van der Waals surface area contributed by atoms with Crippen LogP contribution < -0.4 is 4.90 Å².